The molecule has 0 saturated carbocycles. The Morgan fingerprint density at radius 2 is 1.77 bits per heavy atom. The van der Waals surface area contributed by atoms with Gasteiger partial charge in [-0.1, -0.05) is 31.9 Å². The summed E-state index contributed by atoms with van der Waals surface area (Å²) in [7, 11) is 0. The van der Waals surface area contributed by atoms with Gasteiger partial charge in [-0.2, -0.15) is 0 Å². The van der Waals surface area contributed by atoms with E-state index in [1.54, 1.807) is 11.3 Å². The first-order valence-electron chi connectivity index (χ1n) is 3.60. The number of thiazole rings is 1. The van der Waals surface area contributed by atoms with E-state index in [2.05, 4.69) is 49.0 Å². The fourth-order valence-electron chi connectivity index (χ4n) is 1.05. The summed E-state index contributed by atoms with van der Waals surface area (Å²) in [5.74, 6) is 0. The number of aromatic nitrogens is 1. The molecule has 1 nitrogen and oxygen atoms in total. The van der Waals surface area contributed by atoms with E-state index in [1.165, 1.54) is 10.4 Å². The second-order valence-corrected chi connectivity index (χ2v) is 5.24. The lowest BCUT2D eigenvalue weighted by Gasteiger charge is -1.99. The molecule has 1 heterocycles. The number of hydrogen-bond acceptors (Lipinski definition) is 2. The molecule has 0 N–H and O–H groups in total. The molecular formula is C9H5Br2NS. The van der Waals surface area contributed by atoms with Crippen LogP contribution in [0.1, 0.15) is 0 Å². The average Bonchev–Trinajstić information content (AvgIpc) is 2.53. The molecule has 1 aromatic heterocycles. The first kappa shape index (κ1) is 9.37. The summed E-state index contributed by atoms with van der Waals surface area (Å²) in [6.07, 6.45) is 1.87. The molecule has 2 rings (SSSR count). The molecule has 0 amide bonds. The number of halogens is 2. The third-order valence-electron chi connectivity index (χ3n) is 1.58. The van der Waals surface area contributed by atoms with Crippen LogP contribution in [-0.4, -0.2) is 4.98 Å². The maximum atomic E-state index is 4.05. The Labute approximate surface area is 97.1 Å². The number of benzene rings is 1. The van der Waals surface area contributed by atoms with Gasteiger partial charge in [0.2, 0.25) is 0 Å². The maximum Gasteiger partial charge on any atom is 0.0797 e. The van der Waals surface area contributed by atoms with Crippen molar-refractivity contribution in [3.63, 3.8) is 0 Å². The summed E-state index contributed by atoms with van der Waals surface area (Å²) >= 11 is 8.55. The van der Waals surface area contributed by atoms with Crippen molar-refractivity contribution in [3.8, 4) is 10.4 Å². The monoisotopic (exact) mass is 317 g/mol. The molecule has 0 unspecified atom stereocenters. The van der Waals surface area contributed by atoms with Crippen molar-refractivity contribution in [2.75, 3.05) is 0 Å². The SMILES string of the molecule is Brc1cc(Br)cc(-c2cncs2)c1. The Balaban J connectivity index is 2.53. The van der Waals surface area contributed by atoms with Crippen molar-refractivity contribution in [3.05, 3.63) is 38.9 Å². The number of nitrogens with zero attached hydrogens (tertiary/aromatic N) is 1. The maximum absolute atomic E-state index is 4.05. The minimum Gasteiger partial charge on any atom is -0.252 e. The third-order valence-corrected chi connectivity index (χ3v) is 3.32. The lowest BCUT2D eigenvalue weighted by atomic mass is 10.2. The Kier molecular flexibility index (Phi) is 2.81. The van der Waals surface area contributed by atoms with Crippen molar-refractivity contribution in [1.82, 2.24) is 4.98 Å². The van der Waals surface area contributed by atoms with Crippen molar-refractivity contribution >= 4 is 43.2 Å². The minimum absolute atomic E-state index is 1.07. The first-order chi connectivity index (χ1) is 6.25. The molecule has 4 heteroatoms. The Morgan fingerprint density at radius 1 is 1.08 bits per heavy atom. The predicted octanol–water partition coefficient (Wildman–Crippen LogP) is 4.34. The lowest BCUT2D eigenvalue weighted by molar-refractivity contribution is 1.42. The first-order valence-corrected chi connectivity index (χ1v) is 6.07. The highest BCUT2D eigenvalue weighted by Gasteiger charge is 2.01. The molecular weight excluding hydrogens is 314 g/mol. The second kappa shape index (κ2) is 3.90. The second-order valence-electron chi connectivity index (χ2n) is 2.52. The van der Waals surface area contributed by atoms with Gasteiger partial charge in [0.15, 0.2) is 0 Å². The fourth-order valence-corrected chi connectivity index (χ4v) is 2.96. The van der Waals surface area contributed by atoms with Crippen LogP contribution in [0.2, 0.25) is 0 Å². The molecule has 0 bridgehead atoms. The highest BCUT2D eigenvalue weighted by atomic mass is 79.9. The van der Waals surface area contributed by atoms with Gasteiger partial charge >= 0.3 is 0 Å². The Morgan fingerprint density at radius 3 is 2.31 bits per heavy atom. The van der Waals surface area contributed by atoms with Crippen LogP contribution in [0.15, 0.2) is 38.9 Å². The predicted molar refractivity (Wildman–Crippen MR) is 63.0 cm³/mol. The van der Waals surface area contributed by atoms with E-state index < -0.39 is 0 Å². The summed E-state index contributed by atoms with van der Waals surface area (Å²) in [5, 5.41) is 0. The molecule has 0 aliphatic rings. The van der Waals surface area contributed by atoms with Crippen LogP contribution < -0.4 is 0 Å². The van der Waals surface area contributed by atoms with Gasteiger partial charge in [-0.25, -0.2) is 0 Å². The van der Waals surface area contributed by atoms with Crippen LogP contribution in [0.4, 0.5) is 0 Å². The zero-order valence-electron chi connectivity index (χ0n) is 6.50. The standard InChI is InChI=1S/C9H5Br2NS/c10-7-1-6(2-8(11)3-7)9-4-12-5-13-9/h1-5H. The van der Waals surface area contributed by atoms with Crippen LogP contribution in [-0.2, 0) is 0 Å². The van der Waals surface area contributed by atoms with Crippen LogP contribution in [0.5, 0.6) is 0 Å². The van der Waals surface area contributed by atoms with E-state index in [-0.39, 0.29) is 0 Å². The van der Waals surface area contributed by atoms with Gasteiger partial charge < -0.3 is 0 Å². The van der Waals surface area contributed by atoms with E-state index in [0.29, 0.717) is 0 Å². The quantitative estimate of drug-likeness (QED) is 0.762. The largest absolute Gasteiger partial charge is 0.252 e. The molecule has 0 spiro atoms. The van der Waals surface area contributed by atoms with E-state index in [0.717, 1.165) is 8.95 Å². The molecule has 0 fully saturated rings. The van der Waals surface area contributed by atoms with Gasteiger partial charge in [-0.3, -0.25) is 4.98 Å². The van der Waals surface area contributed by atoms with E-state index in [1.807, 2.05) is 17.8 Å². The molecule has 66 valence electrons. The highest BCUT2D eigenvalue weighted by molar-refractivity contribution is 9.11. The van der Waals surface area contributed by atoms with Gasteiger partial charge in [-0.05, 0) is 23.8 Å². The molecule has 0 aliphatic heterocycles. The highest BCUT2D eigenvalue weighted by Crippen LogP contribution is 2.29. The summed E-state index contributed by atoms with van der Waals surface area (Å²) in [5.41, 5.74) is 3.02. The summed E-state index contributed by atoms with van der Waals surface area (Å²) in [4.78, 5) is 5.23. The summed E-state index contributed by atoms with van der Waals surface area (Å²) in [6, 6.07) is 6.18. The van der Waals surface area contributed by atoms with Gasteiger partial charge in [0.05, 0.1) is 10.4 Å². The minimum atomic E-state index is 1.07. The third kappa shape index (κ3) is 2.18. The van der Waals surface area contributed by atoms with Gasteiger partial charge in [0.1, 0.15) is 0 Å². The van der Waals surface area contributed by atoms with Crippen molar-refractivity contribution in [2.24, 2.45) is 0 Å². The Bertz CT molecular complexity index is 391. The van der Waals surface area contributed by atoms with E-state index >= 15 is 0 Å². The zero-order chi connectivity index (χ0) is 9.26. The van der Waals surface area contributed by atoms with Crippen LogP contribution >= 0.6 is 43.2 Å². The fraction of sp³-hybridized carbons (Fsp3) is 0. The van der Waals surface area contributed by atoms with Crippen LogP contribution in [0.25, 0.3) is 10.4 Å². The van der Waals surface area contributed by atoms with Gasteiger partial charge in [-0.15, -0.1) is 11.3 Å². The summed E-state index contributed by atoms with van der Waals surface area (Å²) in [6.45, 7) is 0. The number of rotatable bonds is 1. The van der Waals surface area contributed by atoms with Gasteiger partial charge in [0.25, 0.3) is 0 Å². The molecule has 13 heavy (non-hydrogen) atoms. The average molecular weight is 319 g/mol. The molecule has 0 atom stereocenters. The molecule has 0 saturated heterocycles. The molecule has 0 radical (unpaired) electrons. The summed E-state index contributed by atoms with van der Waals surface area (Å²) < 4.78 is 2.15. The molecule has 2 aromatic rings. The van der Waals surface area contributed by atoms with Crippen molar-refractivity contribution in [2.45, 2.75) is 0 Å². The van der Waals surface area contributed by atoms with Crippen molar-refractivity contribution < 1.29 is 0 Å². The zero-order valence-corrected chi connectivity index (χ0v) is 10.5. The Hall–Kier alpha value is -0.190. The van der Waals surface area contributed by atoms with Crippen molar-refractivity contribution in [1.29, 1.82) is 0 Å². The normalized spacial score (nSPS) is 10.3. The van der Waals surface area contributed by atoms with E-state index in [9.17, 15) is 0 Å². The van der Waals surface area contributed by atoms with Crippen LogP contribution in [0, 0.1) is 0 Å². The van der Waals surface area contributed by atoms with Gasteiger partial charge in [0, 0.05) is 15.1 Å². The molecule has 1 aromatic carbocycles. The topological polar surface area (TPSA) is 12.9 Å². The smallest absolute Gasteiger partial charge is 0.0797 e. The number of hydrogen-bond donors (Lipinski definition) is 0. The lowest BCUT2D eigenvalue weighted by Crippen LogP contribution is -1.73. The molecule has 0 aliphatic carbocycles. The van der Waals surface area contributed by atoms with E-state index in [4.69, 9.17) is 0 Å². The van der Waals surface area contributed by atoms with Crippen LogP contribution in [0.3, 0.4) is 0 Å².